The number of anilines is 6. The van der Waals surface area contributed by atoms with E-state index in [2.05, 4.69) is 216 Å². The summed E-state index contributed by atoms with van der Waals surface area (Å²) < 4.78 is 7.62. The van der Waals surface area contributed by atoms with Gasteiger partial charge in [0.25, 0.3) is 6.71 Å². The van der Waals surface area contributed by atoms with E-state index in [0.29, 0.717) is 17.8 Å². The van der Waals surface area contributed by atoms with Gasteiger partial charge in [-0.25, -0.2) is 0 Å². The van der Waals surface area contributed by atoms with E-state index in [1.54, 1.807) is 0 Å². The van der Waals surface area contributed by atoms with Crippen LogP contribution in [-0.4, -0.2) is 6.71 Å². The summed E-state index contributed by atoms with van der Waals surface area (Å²) in [5.41, 5.74) is 24.1. The van der Waals surface area contributed by atoms with Crippen molar-refractivity contribution in [1.29, 1.82) is 0 Å². The van der Waals surface area contributed by atoms with Crippen LogP contribution >= 0.6 is 0 Å². The van der Waals surface area contributed by atoms with Crippen LogP contribution in [0.3, 0.4) is 0 Å². The lowest BCUT2D eigenvalue weighted by Crippen LogP contribution is -2.61. The summed E-state index contributed by atoms with van der Waals surface area (Å²) in [7, 11) is 0. The van der Waals surface area contributed by atoms with Gasteiger partial charge in [0.1, 0.15) is 5.58 Å². The highest BCUT2D eigenvalue weighted by molar-refractivity contribution is 7.00. The van der Waals surface area contributed by atoms with Gasteiger partial charge < -0.3 is 14.2 Å². The zero-order chi connectivity index (χ0) is 46.1. The Kier molecular flexibility index (Phi) is 10.2. The maximum Gasteiger partial charge on any atom is 0.297 e. The average Bonchev–Trinajstić information content (AvgIpc) is 3.65. The summed E-state index contributed by atoms with van der Waals surface area (Å²) in [5.74, 6) is 1.35. The first kappa shape index (κ1) is 43.4. The third kappa shape index (κ3) is 6.74. The maximum atomic E-state index is 7.62. The molecule has 0 saturated heterocycles. The molecule has 0 saturated carbocycles. The molecule has 0 N–H and O–H groups in total. The van der Waals surface area contributed by atoms with Crippen LogP contribution in [0.1, 0.15) is 153 Å². The summed E-state index contributed by atoms with van der Waals surface area (Å²) in [6.07, 6.45) is 3.36. The Morgan fingerprint density at radius 1 is 0.677 bits per heavy atom. The minimum atomic E-state index is -0.123. The fraction of sp³-hybridized carbons (Fsp3) is 0.377. The third-order valence-electron chi connectivity index (χ3n) is 16.4. The Morgan fingerprint density at radius 3 is 1.92 bits per heavy atom. The molecule has 6 aromatic carbocycles. The van der Waals surface area contributed by atoms with E-state index >= 15 is 0 Å². The molecule has 0 bridgehead atoms. The van der Waals surface area contributed by atoms with Crippen LogP contribution in [-0.2, 0) is 16.2 Å². The molecule has 0 fully saturated rings. The fourth-order valence-corrected chi connectivity index (χ4v) is 11.6. The molecule has 1 unspecified atom stereocenters. The van der Waals surface area contributed by atoms with Crippen molar-refractivity contribution < 1.29 is 4.42 Å². The second kappa shape index (κ2) is 15.3. The lowest BCUT2D eigenvalue weighted by Gasteiger charge is -2.44. The number of para-hydroxylation sites is 1. The van der Waals surface area contributed by atoms with Crippen molar-refractivity contribution in [2.45, 2.75) is 144 Å². The predicted octanol–water partition coefficient (Wildman–Crippen LogP) is 15.7. The Labute approximate surface area is 390 Å². The summed E-state index contributed by atoms with van der Waals surface area (Å²) in [6, 6.07) is 42.5. The molecule has 1 aromatic heterocycles. The molecule has 4 heteroatoms. The molecule has 3 heterocycles. The van der Waals surface area contributed by atoms with Crippen LogP contribution < -0.4 is 26.4 Å². The van der Waals surface area contributed by atoms with Gasteiger partial charge in [0.2, 0.25) is 0 Å². The van der Waals surface area contributed by atoms with Gasteiger partial charge in [0.05, 0.1) is 17.0 Å². The van der Waals surface area contributed by atoms with E-state index in [-0.39, 0.29) is 23.0 Å². The summed E-state index contributed by atoms with van der Waals surface area (Å²) in [5, 5.41) is 1.21. The van der Waals surface area contributed by atoms with Crippen LogP contribution in [0.5, 0.6) is 0 Å². The molecule has 1 atom stereocenters. The van der Waals surface area contributed by atoms with E-state index in [9.17, 15) is 0 Å². The number of rotatable bonds is 8. The standard InChI is InChI=1S/C61H69BN2O/c1-15-59(9,10)47-34-50-52(33-45(47)37(4)5)64(51-23-19-18-22-44(51)43-21-17-16-20-39(43)7)54-31-38(6)30-53-56(54)62(50)58-57(63(53)42-26-24-41(25-27-42)40(8)36(2)3)46-32-48-49(35-55(46)65-58)61(13,14)29-28-60(48,11)12/h16-27,30-37,40H,15,28-29H2,1-14H3. The largest absolute Gasteiger partial charge is 0.468 e. The smallest absolute Gasteiger partial charge is 0.297 e. The van der Waals surface area contributed by atoms with Crippen LogP contribution in [0.4, 0.5) is 34.1 Å². The second-order valence-corrected chi connectivity index (χ2v) is 22.6. The Balaban J connectivity index is 1.35. The molecule has 7 aromatic rings. The highest BCUT2D eigenvalue weighted by Gasteiger charge is 2.49. The van der Waals surface area contributed by atoms with Crippen molar-refractivity contribution >= 4 is 68.4 Å². The van der Waals surface area contributed by atoms with Gasteiger partial charge in [-0.05, 0) is 171 Å². The number of fused-ring (bicyclic) bond motifs is 7. The van der Waals surface area contributed by atoms with Crippen molar-refractivity contribution in [3.8, 4) is 11.1 Å². The Bertz CT molecular complexity index is 3010. The number of furan rings is 1. The summed E-state index contributed by atoms with van der Waals surface area (Å²) in [6.45, 7) is 33.1. The van der Waals surface area contributed by atoms with E-state index in [1.807, 2.05) is 0 Å². The molecular formula is C61H69BN2O. The molecule has 1 aliphatic carbocycles. The van der Waals surface area contributed by atoms with Gasteiger partial charge >= 0.3 is 0 Å². The first-order valence-corrected chi connectivity index (χ1v) is 24.6. The third-order valence-corrected chi connectivity index (χ3v) is 16.4. The minimum Gasteiger partial charge on any atom is -0.468 e. The SMILES string of the molecule is CCC(C)(C)c1cc2c(cc1C(C)C)N(c1ccccc1-c1ccccc1C)c1cc(C)cc3c1B2c1oc2cc4c(cc2c1N3c1ccc(C(C)C(C)C)cc1)C(C)(C)CCC4(C)C. The van der Waals surface area contributed by atoms with Crippen LogP contribution in [0.2, 0.25) is 0 Å². The molecule has 10 rings (SSSR count). The van der Waals surface area contributed by atoms with Crippen LogP contribution in [0, 0.1) is 19.8 Å². The number of aryl methyl sites for hydroxylation is 2. The van der Waals surface area contributed by atoms with Gasteiger partial charge in [-0.1, -0.05) is 144 Å². The van der Waals surface area contributed by atoms with Crippen molar-refractivity contribution in [1.82, 2.24) is 0 Å². The van der Waals surface area contributed by atoms with Gasteiger partial charge in [-0.3, -0.25) is 0 Å². The number of nitrogens with zero attached hydrogens (tertiary/aromatic N) is 2. The molecule has 65 heavy (non-hydrogen) atoms. The van der Waals surface area contributed by atoms with Crippen molar-refractivity contribution in [3.63, 3.8) is 0 Å². The lowest BCUT2D eigenvalue weighted by molar-refractivity contribution is 0.332. The molecular weight excluding hydrogens is 787 g/mol. The number of hydrogen-bond acceptors (Lipinski definition) is 3. The normalized spacial score (nSPS) is 16.5. The quantitative estimate of drug-likeness (QED) is 0.142. The monoisotopic (exact) mass is 857 g/mol. The first-order valence-electron chi connectivity index (χ1n) is 24.6. The molecule has 0 spiro atoms. The van der Waals surface area contributed by atoms with E-state index in [1.165, 1.54) is 94.8 Å². The van der Waals surface area contributed by atoms with Gasteiger partial charge in [0, 0.05) is 33.7 Å². The van der Waals surface area contributed by atoms with E-state index < -0.39 is 0 Å². The molecule has 332 valence electrons. The minimum absolute atomic E-state index is 0.0304. The topological polar surface area (TPSA) is 19.6 Å². The van der Waals surface area contributed by atoms with E-state index in [4.69, 9.17) is 4.42 Å². The number of benzene rings is 6. The number of hydrogen-bond donors (Lipinski definition) is 0. The Morgan fingerprint density at radius 2 is 1.29 bits per heavy atom. The molecule has 2 aliphatic heterocycles. The summed E-state index contributed by atoms with van der Waals surface area (Å²) in [4.78, 5) is 5.20. The van der Waals surface area contributed by atoms with Crippen LogP contribution in [0.25, 0.3) is 22.1 Å². The van der Waals surface area contributed by atoms with Crippen molar-refractivity contribution in [2.24, 2.45) is 5.92 Å². The highest BCUT2D eigenvalue weighted by atomic mass is 16.3. The molecule has 0 amide bonds. The highest BCUT2D eigenvalue weighted by Crippen LogP contribution is 2.53. The zero-order valence-electron chi connectivity index (χ0n) is 41.6. The molecule has 3 nitrogen and oxygen atoms in total. The average molecular weight is 857 g/mol. The van der Waals surface area contributed by atoms with Crippen molar-refractivity contribution in [3.05, 3.63) is 148 Å². The fourth-order valence-electron chi connectivity index (χ4n) is 11.6. The van der Waals surface area contributed by atoms with Gasteiger partial charge in [-0.2, -0.15) is 0 Å². The maximum absolute atomic E-state index is 7.62. The second-order valence-electron chi connectivity index (χ2n) is 22.6. The molecule has 0 radical (unpaired) electrons. The Hall–Kier alpha value is -5.48. The zero-order valence-corrected chi connectivity index (χ0v) is 41.6. The molecule has 3 aliphatic rings. The predicted molar refractivity (Wildman–Crippen MR) is 281 cm³/mol. The van der Waals surface area contributed by atoms with Gasteiger partial charge in [-0.15, -0.1) is 0 Å². The van der Waals surface area contributed by atoms with Crippen molar-refractivity contribution in [2.75, 3.05) is 9.80 Å². The van der Waals surface area contributed by atoms with Crippen LogP contribution in [0.15, 0.2) is 114 Å². The lowest BCUT2D eigenvalue weighted by atomic mass is 9.35. The first-order chi connectivity index (χ1) is 30.8. The summed E-state index contributed by atoms with van der Waals surface area (Å²) >= 11 is 0. The van der Waals surface area contributed by atoms with E-state index in [0.717, 1.165) is 36.2 Å². The van der Waals surface area contributed by atoms with Gasteiger partial charge in [0.15, 0.2) is 0 Å².